The van der Waals surface area contributed by atoms with E-state index in [-0.39, 0.29) is 17.1 Å². The van der Waals surface area contributed by atoms with Gasteiger partial charge in [0.15, 0.2) is 0 Å². The Hall–Kier alpha value is -1.77. The molecule has 1 aromatic carbocycles. The predicted octanol–water partition coefficient (Wildman–Crippen LogP) is 2.88. The Balaban J connectivity index is 2.00. The van der Waals surface area contributed by atoms with Crippen LogP contribution < -0.4 is 0 Å². The van der Waals surface area contributed by atoms with Gasteiger partial charge in [-0.2, -0.15) is 0 Å². The fourth-order valence-corrected chi connectivity index (χ4v) is 3.94. The van der Waals surface area contributed by atoms with E-state index in [0.29, 0.717) is 10.9 Å². The van der Waals surface area contributed by atoms with Gasteiger partial charge >= 0.3 is 5.97 Å². The number of halogens is 1. The van der Waals surface area contributed by atoms with Crippen molar-refractivity contribution in [1.82, 2.24) is 9.29 Å². The quantitative estimate of drug-likeness (QED) is 0.502. The zero-order chi connectivity index (χ0) is 18.4. The lowest BCUT2D eigenvalue weighted by Gasteiger charge is -2.14. The number of rotatable bonds is 7. The van der Waals surface area contributed by atoms with Crippen LogP contribution in [0.2, 0.25) is 0 Å². The standard InChI is InChI=1S/C17H19BrN2O4S/c1-20(2)25(22,23)16-11-14(7-8-15(16)18)17(21)24-10-4-6-13-5-3-9-19-12-13/h3,5,7-9,11-12H,4,6,10H2,1-2H3. The summed E-state index contributed by atoms with van der Waals surface area (Å²) >= 11 is 3.21. The Morgan fingerprint density at radius 1 is 1.28 bits per heavy atom. The van der Waals surface area contributed by atoms with Gasteiger partial charge in [0.05, 0.1) is 17.1 Å². The number of aryl methyl sites for hydroxylation is 1. The van der Waals surface area contributed by atoms with Crippen molar-refractivity contribution in [3.63, 3.8) is 0 Å². The van der Waals surface area contributed by atoms with Gasteiger partial charge in [0, 0.05) is 31.0 Å². The minimum absolute atomic E-state index is 0.0299. The maximum absolute atomic E-state index is 12.3. The maximum Gasteiger partial charge on any atom is 0.338 e. The number of esters is 1. The summed E-state index contributed by atoms with van der Waals surface area (Å²) in [6.45, 7) is 0.250. The molecule has 0 unspecified atom stereocenters. The van der Waals surface area contributed by atoms with Crippen LogP contribution in [0.3, 0.4) is 0 Å². The van der Waals surface area contributed by atoms with Crippen molar-refractivity contribution in [3.05, 3.63) is 58.3 Å². The minimum atomic E-state index is -3.65. The molecular formula is C17H19BrN2O4S. The summed E-state index contributed by atoms with van der Waals surface area (Å²) in [6.07, 6.45) is 4.89. The van der Waals surface area contributed by atoms with Gasteiger partial charge in [0.2, 0.25) is 10.0 Å². The molecule has 0 radical (unpaired) electrons. The lowest BCUT2D eigenvalue weighted by molar-refractivity contribution is 0.0500. The molecule has 1 heterocycles. The van der Waals surface area contributed by atoms with Gasteiger partial charge in [-0.1, -0.05) is 6.07 Å². The number of aromatic nitrogens is 1. The van der Waals surface area contributed by atoms with Crippen LogP contribution in [0, 0.1) is 0 Å². The van der Waals surface area contributed by atoms with Crippen molar-refractivity contribution < 1.29 is 17.9 Å². The molecule has 134 valence electrons. The van der Waals surface area contributed by atoms with Gasteiger partial charge in [0.1, 0.15) is 0 Å². The summed E-state index contributed by atoms with van der Waals surface area (Å²) in [7, 11) is -0.782. The highest BCUT2D eigenvalue weighted by molar-refractivity contribution is 9.10. The smallest absolute Gasteiger partial charge is 0.338 e. The fourth-order valence-electron chi connectivity index (χ4n) is 2.10. The third-order valence-electron chi connectivity index (χ3n) is 3.49. The number of nitrogens with zero attached hydrogens (tertiary/aromatic N) is 2. The molecule has 1 aromatic heterocycles. The second-order valence-electron chi connectivity index (χ2n) is 5.53. The monoisotopic (exact) mass is 426 g/mol. The molecule has 0 saturated heterocycles. The van der Waals surface area contributed by atoms with Gasteiger partial charge in [-0.25, -0.2) is 17.5 Å². The number of benzene rings is 1. The molecule has 6 nitrogen and oxygen atoms in total. The number of carbonyl (C=O) groups is 1. The molecule has 2 aromatic rings. The van der Waals surface area contributed by atoms with Crippen LogP contribution in [0.25, 0.3) is 0 Å². The average Bonchev–Trinajstić information content (AvgIpc) is 2.59. The largest absolute Gasteiger partial charge is 0.462 e. The summed E-state index contributed by atoms with van der Waals surface area (Å²) in [5.74, 6) is -0.547. The van der Waals surface area contributed by atoms with E-state index in [9.17, 15) is 13.2 Å². The van der Waals surface area contributed by atoms with Crippen LogP contribution in [0.5, 0.6) is 0 Å². The van der Waals surface area contributed by atoms with Gasteiger partial charge in [0.25, 0.3) is 0 Å². The third-order valence-corrected chi connectivity index (χ3v) is 6.30. The van der Waals surface area contributed by atoms with Gasteiger partial charge < -0.3 is 4.74 Å². The minimum Gasteiger partial charge on any atom is -0.462 e. The highest BCUT2D eigenvalue weighted by atomic mass is 79.9. The topological polar surface area (TPSA) is 76.6 Å². The van der Waals surface area contributed by atoms with E-state index in [0.717, 1.165) is 16.3 Å². The predicted molar refractivity (Wildman–Crippen MR) is 97.9 cm³/mol. The van der Waals surface area contributed by atoms with Crippen LogP contribution in [0.4, 0.5) is 0 Å². The molecule has 0 bridgehead atoms. The molecule has 0 aliphatic carbocycles. The third kappa shape index (κ3) is 5.10. The molecule has 2 rings (SSSR count). The first-order chi connectivity index (χ1) is 11.8. The summed E-state index contributed by atoms with van der Waals surface area (Å²) < 4.78 is 31.3. The summed E-state index contributed by atoms with van der Waals surface area (Å²) in [5.41, 5.74) is 1.27. The molecule has 25 heavy (non-hydrogen) atoms. The van der Waals surface area contributed by atoms with E-state index in [1.54, 1.807) is 12.4 Å². The second kappa shape index (κ2) is 8.55. The van der Waals surface area contributed by atoms with Crippen molar-refractivity contribution in [3.8, 4) is 0 Å². The van der Waals surface area contributed by atoms with E-state index < -0.39 is 16.0 Å². The van der Waals surface area contributed by atoms with Crippen molar-refractivity contribution in [1.29, 1.82) is 0 Å². The highest BCUT2D eigenvalue weighted by Gasteiger charge is 2.22. The highest BCUT2D eigenvalue weighted by Crippen LogP contribution is 2.25. The number of sulfonamides is 1. The fraction of sp³-hybridized carbons (Fsp3) is 0.294. The van der Waals surface area contributed by atoms with Crippen molar-refractivity contribution >= 4 is 31.9 Å². The van der Waals surface area contributed by atoms with Crippen LogP contribution in [-0.4, -0.2) is 44.4 Å². The first-order valence-corrected chi connectivity index (χ1v) is 9.84. The molecule has 0 spiro atoms. The lowest BCUT2D eigenvalue weighted by Crippen LogP contribution is -2.23. The summed E-state index contributed by atoms with van der Waals surface area (Å²) in [5, 5.41) is 0. The first kappa shape index (κ1) is 19.6. The van der Waals surface area contributed by atoms with Gasteiger partial charge in [-0.15, -0.1) is 0 Å². The van der Waals surface area contributed by atoms with Crippen LogP contribution >= 0.6 is 15.9 Å². The number of ether oxygens (including phenoxy) is 1. The molecule has 0 amide bonds. The van der Waals surface area contributed by atoms with E-state index in [1.165, 1.54) is 32.3 Å². The number of carbonyl (C=O) groups excluding carboxylic acids is 1. The number of hydrogen-bond acceptors (Lipinski definition) is 5. The molecule has 0 saturated carbocycles. The lowest BCUT2D eigenvalue weighted by atomic mass is 10.2. The Labute approximate surface area is 156 Å². The SMILES string of the molecule is CN(C)S(=O)(=O)c1cc(C(=O)OCCCc2cccnc2)ccc1Br. The Morgan fingerprint density at radius 3 is 2.68 bits per heavy atom. The molecule has 0 aliphatic heterocycles. The molecular weight excluding hydrogens is 408 g/mol. The summed E-state index contributed by atoms with van der Waals surface area (Å²) in [4.78, 5) is 16.2. The Bertz CT molecular complexity index is 839. The molecule has 0 atom stereocenters. The zero-order valence-electron chi connectivity index (χ0n) is 14.0. The molecule has 8 heteroatoms. The molecule has 0 fully saturated rings. The van der Waals surface area contributed by atoms with Crippen molar-refractivity contribution in [2.24, 2.45) is 0 Å². The van der Waals surface area contributed by atoms with E-state index in [2.05, 4.69) is 20.9 Å². The molecule has 0 aliphatic rings. The summed E-state index contributed by atoms with van der Waals surface area (Å²) in [6, 6.07) is 8.20. The van der Waals surface area contributed by atoms with E-state index in [4.69, 9.17) is 4.74 Å². The van der Waals surface area contributed by atoms with Crippen LogP contribution in [-0.2, 0) is 21.2 Å². The van der Waals surface area contributed by atoms with Crippen molar-refractivity contribution in [2.75, 3.05) is 20.7 Å². The number of hydrogen-bond donors (Lipinski definition) is 0. The molecule has 0 N–H and O–H groups in total. The Morgan fingerprint density at radius 2 is 2.04 bits per heavy atom. The second-order valence-corrected chi connectivity index (χ2v) is 8.51. The zero-order valence-corrected chi connectivity index (χ0v) is 16.4. The van der Waals surface area contributed by atoms with Crippen LogP contribution in [0.1, 0.15) is 22.3 Å². The average molecular weight is 427 g/mol. The van der Waals surface area contributed by atoms with Gasteiger partial charge in [-0.05, 0) is 58.6 Å². The van der Waals surface area contributed by atoms with Crippen LogP contribution in [0.15, 0.2) is 52.1 Å². The van der Waals surface area contributed by atoms with Crippen molar-refractivity contribution in [2.45, 2.75) is 17.7 Å². The van der Waals surface area contributed by atoms with E-state index >= 15 is 0 Å². The van der Waals surface area contributed by atoms with Gasteiger partial charge in [-0.3, -0.25) is 4.98 Å². The normalized spacial score (nSPS) is 11.5. The van der Waals surface area contributed by atoms with E-state index in [1.807, 2.05) is 12.1 Å². The first-order valence-electron chi connectivity index (χ1n) is 7.60. The Kier molecular flexibility index (Phi) is 6.69. The maximum atomic E-state index is 12.3. The number of pyridine rings is 1.